The third-order valence-corrected chi connectivity index (χ3v) is 5.45. The number of ether oxygens (including phenoxy) is 1. The molecule has 1 N–H and O–H groups in total. The second kappa shape index (κ2) is 9.90. The summed E-state index contributed by atoms with van der Waals surface area (Å²) < 4.78 is 6.15. The van der Waals surface area contributed by atoms with Crippen LogP contribution in [0.1, 0.15) is 32.8 Å². The summed E-state index contributed by atoms with van der Waals surface area (Å²) in [6.07, 6.45) is 0.890. The van der Waals surface area contributed by atoms with Gasteiger partial charge in [0.1, 0.15) is 0 Å². The van der Waals surface area contributed by atoms with E-state index in [-0.39, 0.29) is 24.3 Å². The predicted octanol–water partition coefficient (Wildman–Crippen LogP) is 3.68. The maximum Gasteiger partial charge on any atom is 0.254 e. The molecule has 5 heteroatoms. The summed E-state index contributed by atoms with van der Waals surface area (Å²) in [7, 11) is 0. The van der Waals surface area contributed by atoms with Crippen LogP contribution in [0.15, 0.2) is 54.6 Å². The van der Waals surface area contributed by atoms with E-state index in [1.165, 1.54) is 0 Å². The number of likely N-dealkylation sites (N-methyl/N-ethyl adjacent to an activating group) is 1. The molecule has 0 radical (unpaired) electrons. The molecule has 2 aromatic rings. The Morgan fingerprint density at radius 2 is 1.80 bits per heavy atom. The number of amides is 2. The molecule has 3 rings (SSSR count). The highest BCUT2D eigenvalue weighted by atomic mass is 16.5. The van der Waals surface area contributed by atoms with Crippen molar-refractivity contribution in [1.82, 2.24) is 10.2 Å². The second-order valence-electron chi connectivity index (χ2n) is 8.32. The van der Waals surface area contributed by atoms with Crippen LogP contribution in [0.4, 0.5) is 0 Å². The van der Waals surface area contributed by atoms with Gasteiger partial charge >= 0.3 is 0 Å². The molecule has 0 spiro atoms. The van der Waals surface area contributed by atoms with Crippen LogP contribution >= 0.6 is 0 Å². The van der Waals surface area contributed by atoms with Gasteiger partial charge in [0, 0.05) is 25.9 Å². The Balaban J connectivity index is 1.94. The molecule has 1 aliphatic rings. The van der Waals surface area contributed by atoms with Gasteiger partial charge in [0.15, 0.2) is 5.60 Å². The van der Waals surface area contributed by atoms with Gasteiger partial charge in [0.25, 0.3) is 5.91 Å². The Kier molecular flexibility index (Phi) is 7.27. The molecule has 2 amide bonds. The quantitative estimate of drug-likeness (QED) is 0.760. The first kappa shape index (κ1) is 22.0. The lowest BCUT2D eigenvalue weighted by Crippen LogP contribution is -2.62. The van der Waals surface area contributed by atoms with Gasteiger partial charge in [-0.2, -0.15) is 0 Å². The second-order valence-corrected chi connectivity index (χ2v) is 8.32. The Bertz CT molecular complexity index is 866. The standard InChI is InChI=1S/C25H32N2O3/c1-4-26-24(29)25(18-27(14-15-30-25)23(28)16-19(2)3)17-21-12-8-9-13-22(21)20-10-6-5-7-11-20/h5-13,19H,4,14-18H2,1-3H3,(H,26,29). The van der Waals surface area contributed by atoms with E-state index in [1.807, 2.05) is 57.2 Å². The number of benzene rings is 2. The third-order valence-electron chi connectivity index (χ3n) is 5.45. The number of nitrogens with zero attached hydrogens (tertiary/aromatic N) is 1. The molecule has 1 fully saturated rings. The molecule has 0 aromatic heterocycles. The van der Waals surface area contributed by atoms with Crippen molar-refractivity contribution in [3.8, 4) is 11.1 Å². The highest BCUT2D eigenvalue weighted by Gasteiger charge is 2.45. The molecular weight excluding hydrogens is 376 g/mol. The minimum Gasteiger partial charge on any atom is -0.361 e. The maximum atomic E-state index is 13.2. The van der Waals surface area contributed by atoms with Gasteiger partial charge < -0.3 is 15.0 Å². The van der Waals surface area contributed by atoms with E-state index in [0.717, 1.165) is 16.7 Å². The zero-order valence-corrected chi connectivity index (χ0v) is 18.2. The van der Waals surface area contributed by atoms with Crippen molar-refractivity contribution >= 4 is 11.8 Å². The smallest absolute Gasteiger partial charge is 0.254 e. The summed E-state index contributed by atoms with van der Waals surface area (Å²) in [5.41, 5.74) is 2.12. The Hall–Kier alpha value is -2.66. The average molecular weight is 409 g/mol. The van der Waals surface area contributed by atoms with Crippen molar-refractivity contribution in [2.75, 3.05) is 26.2 Å². The lowest BCUT2D eigenvalue weighted by Gasteiger charge is -2.42. The maximum absolute atomic E-state index is 13.2. The van der Waals surface area contributed by atoms with Gasteiger partial charge in [-0.15, -0.1) is 0 Å². The highest BCUT2D eigenvalue weighted by Crippen LogP contribution is 2.30. The van der Waals surface area contributed by atoms with Gasteiger partial charge in [0.2, 0.25) is 5.91 Å². The van der Waals surface area contributed by atoms with Crippen molar-refractivity contribution in [3.05, 3.63) is 60.2 Å². The van der Waals surface area contributed by atoms with Crippen molar-refractivity contribution in [1.29, 1.82) is 0 Å². The van der Waals surface area contributed by atoms with Crippen LogP contribution in [0.2, 0.25) is 0 Å². The van der Waals surface area contributed by atoms with Crippen LogP contribution in [0.25, 0.3) is 11.1 Å². The average Bonchev–Trinajstić information content (AvgIpc) is 2.74. The van der Waals surface area contributed by atoms with Crippen molar-refractivity contribution < 1.29 is 14.3 Å². The van der Waals surface area contributed by atoms with Gasteiger partial charge in [-0.1, -0.05) is 68.4 Å². The molecule has 0 bridgehead atoms. The van der Waals surface area contributed by atoms with Crippen molar-refractivity contribution in [2.24, 2.45) is 5.92 Å². The molecule has 1 heterocycles. The summed E-state index contributed by atoms with van der Waals surface area (Å²) >= 11 is 0. The van der Waals surface area contributed by atoms with Crippen LogP contribution in [-0.4, -0.2) is 48.6 Å². The van der Waals surface area contributed by atoms with E-state index < -0.39 is 5.60 Å². The molecule has 2 aromatic carbocycles. The molecule has 1 aliphatic heterocycles. The van der Waals surface area contributed by atoms with E-state index in [0.29, 0.717) is 32.5 Å². The lowest BCUT2D eigenvalue weighted by molar-refractivity contribution is -0.166. The van der Waals surface area contributed by atoms with E-state index in [2.05, 4.69) is 23.5 Å². The molecule has 30 heavy (non-hydrogen) atoms. The number of hydrogen-bond acceptors (Lipinski definition) is 3. The lowest BCUT2D eigenvalue weighted by atomic mass is 9.87. The first-order valence-electron chi connectivity index (χ1n) is 10.8. The Morgan fingerprint density at radius 1 is 1.10 bits per heavy atom. The minimum atomic E-state index is -1.09. The molecular formula is C25H32N2O3. The fourth-order valence-corrected chi connectivity index (χ4v) is 4.00. The first-order valence-corrected chi connectivity index (χ1v) is 10.8. The normalized spacial score (nSPS) is 19.0. The van der Waals surface area contributed by atoms with Crippen LogP contribution in [0.3, 0.4) is 0 Å². The summed E-state index contributed by atoms with van der Waals surface area (Å²) in [6.45, 7) is 7.63. The molecule has 1 unspecified atom stereocenters. The fourth-order valence-electron chi connectivity index (χ4n) is 4.00. The van der Waals surface area contributed by atoms with Crippen LogP contribution < -0.4 is 5.32 Å². The van der Waals surface area contributed by atoms with Crippen molar-refractivity contribution in [3.63, 3.8) is 0 Å². The fraction of sp³-hybridized carbons (Fsp3) is 0.440. The molecule has 160 valence electrons. The number of rotatable bonds is 7. The number of nitrogens with one attached hydrogen (secondary N) is 1. The van der Waals surface area contributed by atoms with Gasteiger partial charge in [-0.3, -0.25) is 9.59 Å². The zero-order valence-electron chi connectivity index (χ0n) is 18.2. The van der Waals surface area contributed by atoms with Gasteiger partial charge in [-0.25, -0.2) is 0 Å². The molecule has 5 nitrogen and oxygen atoms in total. The zero-order chi connectivity index (χ0) is 21.6. The number of morpholine rings is 1. The van der Waals surface area contributed by atoms with Crippen LogP contribution in [-0.2, 0) is 20.7 Å². The molecule has 0 saturated carbocycles. The Labute approximate surface area is 179 Å². The highest BCUT2D eigenvalue weighted by molar-refractivity contribution is 5.88. The summed E-state index contributed by atoms with van der Waals surface area (Å²) in [4.78, 5) is 27.7. The van der Waals surface area contributed by atoms with Gasteiger partial charge in [-0.05, 0) is 29.5 Å². The summed E-state index contributed by atoms with van der Waals surface area (Å²) in [5.74, 6) is 0.200. The third kappa shape index (κ3) is 5.08. The molecule has 0 aliphatic carbocycles. The molecule has 1 atom stereocenters. The largest absolute Gasteiger partial charge is 0.361 e. The summed E-state index contributed by atoms with van der Waals surface area (Å²) in [6, 6.07) is 18.2. The predicted molar refractivity (Wildman–Crippen MR) is 119 cm³/mol. The van der Waals surface area contributed by atoms with Crippen LogP contribution in [0.5, 0.6) is 0 Å². The number of hydrogen-bond donors (Lipinski definition) is 1. The number of carbonyl (C=O) groups is 2. The van der Waals surface area contributed by atoms with E-state index in [4.69, 9.17) is 4.74 Å². The topological polar surface area (TPSA) is 58.6 Å². The number of carbonyl (C=O) groups excluding carboxylic acids is 2. The van der Waals surface area contributed by atoms with E-state index >= 15 is 0 Å². The monoisotopic (exact) mass is 408 g/mol. The van der Waals surface area contributed by atoms with Gasteiger partial charge in [0.05, 0.1) is 13.2 Å². The van der Waals surface area contributed by atoms with E-state index in [9.17, 15) is 9.59 Å². The SMILES string of the molecule is CCNC(=O)C1(Cc2ccccc2-c2ccccc2)CN(C(=O)CC(C)C)CCO1. The minimum absolute atomic E-state index is 0.0818. The summed E-state index contributed by atoms with van der Waals surface area (Å²) in [5, 5.41) is 2.93. The van der Waals surface area contributed by atoms with Crippen molar-refractivity contribution in [2.45, 2.75) is 39.2 Å². The first-order chi connectivity index (χ1) is 14.4. The van der Waals surface area contributed by atoms with Crippen LogP contribution in [0, 0.1) is 5.92 Å². The Morgan fingerprint density at radius 3 is 2.50 bits per heavy atom. The molecule has 1 saturated heterocycles. The van der Waals surface area contributed by atoms with E-state index in [1.54, 1.807) is 4.90 Å².